The fourth-order valence-corrected chi connectivity index (χ4v) is 1.98. The lowest BCUT2D eigenvalue weighted by molar-refractivity contribution is 0.375. The summed E-state index contributed by atoms with van der Waals surface area (Å²) in [7, 11) is 0. The van der Waals surface area contributed by atoms with Gasteiger partial charge in [-0.25, -0.2) is 0 Å². The second-order valence-electron chi connectivity index (χ2n) is 2.95. The van der Waals surface area contributed by atoms with Gasteiger partial charge >= 0.3 is 0 Å². The average molecular weight is 182 g/mol. The van der Waals surface area contributed by atoms with Gasteiger partial charge in [-0.2, -0.15) is 0 Å². The van der Waals surface area contributed by atoms with Gasteiger partial charge in [0.25, 0.3) is 0 Å². The van der Waals surface area contributed by atoms with Crippen LogP contribution in [0.2, 0.25) is 0 Å². The highest BCUT2D eigenvalue weighted by atomic mass is 35.5. The Labute approximate surface area is 71.9 Å². The van der Waals surface area contributed by atoms with Crippen molar-refractivity contribution < 1.29 is 0 Å². The number of hydrogen-bond acceptors (Lipinski definition) is 1. The molecule has 1 aliphatic carbocycles. The van der Waals surface area contributed by atoms with Gasteiger partial charge in [-0.3, -0.25) is 0 Å². The molecule has 0 aliphatic heterocycles. The summed E-state index contributed by atoms with van der Waals surface area (Å²) < 4.78 is 0. The predicted molar refractivity (Wildman–Crippen MR) is 45.7 cm³/mol. The second kappa shape index (κ2) is 3.80. The Bertz CT molecular complexity index is 108. The quantitative estimate of drug-likeness (QED) is 0.616. The molecule has 1 aliphatic rings. The van der Waals surface area contributed by atoms with Gasteiger partial charge < -0.3 is 5.73 Å². The molecular weight excluding hydrogens is 169 g/mol. The Morgan fingerprint density at radius 2 is 1.90 bits per heavy atom. The van der Waals surface area contributed by atoms with Gasteiger partial charge in [-0.1, -0.05) is 0 Å². The van der Waals surface area contributed by atoms with Crippen LogP contribution in [0, 0.1) is 5.92 Å². The van der Waals surface area contributed by atoms with E-state index in [9.17, 15) is 0 Å². The second-order valence-corrected chi connectivity index (χ2v) is 4.07. The van der Waals surface area contributed by atoms with Crippen LogP contribution in [0.4, 0.5) is 0 Å². The molecule has 0 bridgehead atoms. The first-order chi connectivity index (χ1) is 4.74. The zero-order valence-corrected chi connectivity index (χ0v) is 7.41. The highest BCUT2D eigenvalue weighted by Gasteiger charge is 2.26. The molecule has 0 radical (unpaired) electrons. The summed E-state index contributed by atoms with van der Waals surface area (Å²) in [5, 5.41) is 0.313. The molecule has 0 heterocycles. The summed E-state index contributed by atoms with van der Waals surface area (Å²) in [5.41, 5.74) is 5.51. The molecule has 2 N–H and O–H groups in total. The maximum atomic E-state index is 5.95. The molecule has 2 unspecified atom stereocenters. The van der Waals surface area contributed by atoms with Gasteiger partial charge in [0.15, 0.2) is 0 Å². The van der Waals surface area contributed by atoms with Crippen molar-refractivity contribution in [3.8, 4) is 0 Å². The zero-order valence-electron chi connectivity index (χ0n) is 5.89. The molecule has 60 valence electrons. The Morgan fingerprint density at radius 3 is 2.40 bits per heavy atom. The van der Waals surface area contributed by atoms with Gasteiger partial charge in [0.05, 0.1) is 5.38 Å². The molecule has 10 heavy (non-hydrogen) atoms. The van der Waals surface area contributed by atoms with E-state index < -0.39 is 0 Å². The van der Waals surface area contributed by atoms with Gasteiger partial charge in [-0.05, 0) is 31.7 Å². The topological polar surface area (TPSA) is 26.0 Å². The van der Waals surface area contributed by atoms with E-state index in [-0.39, 0.29) is 10.8 Å². The number of halogens is 2. The van der Waals surface area contributed by atoms with Crippen molar-refractivity contribution >= 4 is 23.2 Å². The third-order valence-corrected chi connectivity index (χ3v) is 3.27. The van der Waals surface area contributed by atoms with E-state index in [1.165, 1.54) is 0 Å². The van der Waals surface area contributed by atoms with E-state index in [2.05, 4.69) is 0 Å². The fourth-order valence-electron chi connectivity index (χ4n) is 1.37. The fraction of sp³-hybridized carbons (Fsp3) is 1.00. The first kappa shape index (κ1) is 8.63. The number of rotatable bonds is 1. The van der Waals surface area contributed by atoms with Crippen molar-refractivity contribution in [2.45, 2.75) is 30.0 Å². The Balaban J connectivity index is 2.33. The van der Waals surface area contributed by atoms with Crippen LogP contribution in [0.3, 0.4) is 0 Å². The first-order valence-corrected chi connectivity index (χ1v) is 4.59. The predicted octanol–water partition coefficient (Wildman–Crippen LogP) is 1.96. The molecule has 1 fully saturated rings. The Kier molecular flexibility index (Phi) is 3.28. The smallest absolute Gasteiger partial charge is 0.0502 e. The summed E-state index contributed by atoms with van der Waals surface area (Å²) in [6, 6.07) is 0. The third kappa shape index (κ3) is 2.01. The van der Waals surface area contributed by atoms with Crippen LogP contribution >= 0.6 is 23.2 Å². The van der Waals surface area contributed by atoms with Crippen LogP contribution in [-0.2, 0) is 0 Å². The van der Waals surface area contributed by atoms with Crippen molar-refractivity contribution in [2.24, 2.45) is 11.7 Å². The molecule has 0 aromatic heterocycles. The van der Waals surface area contributed by atoms with E-state index in [0.717, 1.165) is 25.8 Å². The minimum absolute atomic E-state index is 0.143. The Morgan fingerprint density at radius 1 is 1.20 bits per heavy atom. The summed E-state index contributed by atoms with van der Waals surface area (Å²) >= 11 is 11.9. The van der Waals surface area contributed by atoms with Gasteiger partial charge in [0.2, 0.25) is 0 Å². The molecule has 0 spiro atoms. The van der Waals surface area contributed by atoms with Gasteiger partial charge in [0, 0.05) is 5.38 Å². The molecule has 0 aromatic rings. The summed E-state index contributed by atoms with van der Waals surface area (Å²) in [4.78, 5) is 0. The molecule has 3 heteroatoms. The van der Waals surface area contributed by atoms with Crippen LogP contribution in [0.15, 0.2) is 0 Å². The molecule has 0 amide bonds. The number of alkyl halides is 2. The first-order valence-electron chi connectivity index (χ1n) is 3.72. The van der Waals surface area contributed by atoms with Crippen LogP contribution < -0.4 is 5.73 Å². The van der Waals surface area contributed by atoms with E-state index in [0.29, 0.717) is 5.92 Å². The molecule has 1 rings (SSSR count). The molecule has 3 atom stereocenters. The van der Waals surface area contributed by atoms with Gasteiger partial charge in [0.1, 0.15) is 0 Å². The normalized spacial score (nSPS) is 41.7. The van der Waals surface area contributed by atoms with Crippen molar-refractivity contribution in [3.05, 3.63) is 0 Å². The summed E-state index contributed by atoms with van der Waals surface area (Å²) in [6.45, 7) is 0.757. The number of hydrogen-bond donors (Lipinski definition) is 1. The number of nitrogens with two attached hydrogens (primary N) is 1. The Hall–Kier alpha value is 0.540. The lowest BCUT2D eigenvalue weighted by atomic mass is 9.89. The standard InChI is InChI=1S/C7H13Cl2N/c8-6-2-1-5(4-10)3-7(6)9/h5-7H,1-4,10H2/t5-,6?,7?/m1/s1. The minimum Gasteiger partial charge on any atom is -0.330 e. The van der Waals surface area contributed by atoms with Crippen molar-refractivity contribution in [1.29, 1.82) is 0 Å². The molecule has 0 aromatic carbocycles. The van der Waals surface area contributed by atoms with Crippen LogP contribution in [0.25, 0.3) is 0 Å². The SMILES string of the molecule is NC[C@@H]1CCC(Cl)C(Cl)C1. The molecule has 0 saturated heterocycles. The highest BCUT2D eigenvalue weighted by Crippen LogP contribution is 2.30. The summed E-state index contributed by atoms with van der Waals surface area (Å²) in [5.74, 6) is 0.609. The third-order valence-electron chi connectivity index (χ3n) is 2.13. The molecule has 1 saturated carbocycles. The van der Waals surface area contributed by atoms with E-state index >= 15 is 0 Å². The average Bonchev–Trinajstić information content (AvgIpc) is 1.95. The van der Waals surface area contributed by atoms with Crippen LogP contribution in [-0.4, -0.2) is 17.3 Å². The maximum Gasteiger partial charge on any atom is 0.0502 e. The molecule has 1 nitrogen and oxygen atoms in total. The largest absolute Gasteiger partial charge is 0.330 e. The van der Waals surface area contributed by atoms with Gasteiger partial charge in [-0.15, -0.1) is 23.2 Å². The van der Waals surface area contributed by atoms with E-state index in [1.807, 2.05) is 0 Å². The molecular formula is C7H13Cl2N. The zero-order chi connectivity index (χ0) is 7.56. The highest BCUT2D eigenvalue weighted by molar-refractivity contribution is 6.30. The van der Waals surface area contributed by atoms with E-state index in [4.69, 9.17) is 28.9 Å². The summed E-state index contributed by atoms with van der Waals surface area (Å²) in [6.07, 6.45) is 3.16. The van der Waals surface area contributed by atoms with Crippen molar-refractivity contribution in [2.75, 3.05) is 6.54 Å². The minimum atomic E-state index is 0.143. The van der Waals surface area contributed by atoms with E-state index in [1.54, 1.807) is 0 Å². The van der Waals surface area contributed by atoms with Crippen molar-refractivity contribution in [3.63, 3.8) is 0 Å². The lowest BCUT2D eigenvalue weighted by Crippen LogP contribution is -2.29. The lowest BCUT2D eigenvalue weighted by Gasteiger charge is -2.27. The maximum absolute atomic E-state index is 5.95. The van der Waals surface area contributed by atoms with Crippen LogP contribution in [0.1, 0.15) is 19.3 Å². The van der Waals surface area contributed by atoms with Crippen molar-refractivity contribution in [1.82, 2.24) is 0 Å². The monoisotopic (exact) mass is 181 g/mol. The van der Waals surface area contributed by atoms with Crippen LogP contribution in [0.5, 0.6) is 0 Å².